The zero-order chi connectivity index (χ0) is 17.8. The lowest BCUT2D eigenvalue weighted by atomic mass is 10.0. The van der Waals surface area contributed by atoms with Gasteiger partial charge in [0.1, 0.15) is 0 Å². The standard InChI is InChI=1S/C22H23N3O/c26-22(20-11-9-19(10-12-20)17-24-14-5-13-23-24)25-15-4-8-21(25)16-18-6-2-1-3-7-18/h1-3,5-7,9-14,21H,4,8,15-17H2. The molecule has 1 unspecified atom stereocenters. The first-order valence-electron chi connectivity index (χ1n) is 9.21. The summed E-state index contributed by atoms with van der Waals surface area (Å²) in [5, 5.41) is 4.22. The Morgan fingerprint density at radius 1 is 1.00 bits per heavy atom. The summed E-state index contributed by atoms with van der Waals surface area (Å²) >= 11 is 0. The van der Waals surface area contributed by atoms with E-state index in [1.165, 1.54) is 5.56 Å². The predicted molar refractivity (Wildman–Crippen MR) is 102 cm³/mol. The van der Waals surface area contributed by atoms with Crippen molar-refractivity contribution in [3.05, 3.63) is 89.7 Å². The third kappa shape index (κ3) is 3.69. The van der Waals surface area contributed by atoms with Crippen LogP contribution in [0.1, 0.15) is 34.3 Å². The Bertz CT molecular complexity index is 841. The Morgan fingerprint density at radius 2 is 1.81 bits per heavy atom. The van der Waals surface area contributed by atoms with Crippen molar-refractivity contribution in [1.82, 2.24) is 14.7 Å². The highest BCUT2D eigenvalue weighted by Crippen LogP contribution is 2.23. The Kier molecular flexibility index (Phi) is 4.82. The highest BCUT2D eigenvalue weighted by atomic mass is 16.2. The SMILES string of the molecule is O=C(c1ccc(Cn2cccn2)cc1)N1CCCC1Cc1ccccc1. The molecule has 0 saturated carbocycles. The van der Waals surface area contributed by atoms with Gasteiger partial charge >= 0.3 is 0 Å². The van der Waals surface area contributed by atoms with Crippen LogP contribution in [-0.4, -0.2) is 33.2 Å². The first-order valence-corrected chi connectivity index (χ1v) is 9.21. The molecule has 0 spiro atoms. The van der Waals surface area contributed by atoms with Gasteiger partial charge in [0.05, 0.1) is 6.54 Å². The smallest absolute Gasteiger partial charge is 0.254 e. The lowest BCUT2D eigenvalue weighted by Gasteiger charge is -2.25. The highest BCUT2D eigenvalue weighted by Gasteiger charge is 2.29. The number of amides is 1. The van der Waals surface area contributed by atoms with Crippen LogP contribution in [0.4, 0.5) is 0 Å². The molecule has 1 amide bonds. The number of hydrogen-bond donors (Lipinski definition) is 0. The largest absolute Gasteiger partial charge is 0.335 e. The Labute approximate surface area is 154 Å². The molecule has 0 radical (unpaired) electrons. The van der Waals surface area contributed by atoms with Crippen molar-refractivity contribution in [3.63, 3.8) is 0 Å². The summed E-state index contributed by atoms with van der Waals surface area (Å²) in [5.74, 6) is 0.147. The number of nitrogens with zero attached hydrogens (tertiary/aromatic N) is 3. The molecule has 1 aromatic heterocycles. The van der Waals surface area contributed by atoms with E-state index in [1.807, 2.05) is 47.3 Å². The normalized spacial score (nSPS) is 16.8. The molecule has 1 aliphatic rings. The summed E-state index contributed by atoms with van der Waals surface area (Å²) < 4.78 is 1.88. The van der Waals surface area contributed by atoms with E-state index >= 15 is 0 Å². The van der Waals surface area contributed by atoms with Gasteiger partial charge in [-0.3, -0.25) is 9.48 Å². The van der Waals surface area contributed by atoms with Crippen LogP contribution in [-0.2, 0) is 13.0 Å². The van der Waals surface area contributed by atoms with Gasteiger partial charge in [-0.05, 0) is 48.6 Å². The molecule has 3 aromatic rings. The predicted octanol–water partition coefficient (Wildman–Crippen LogP) is 3.78. The molecule has 1 fully saturated rings. The van der Waals surface area contributed by atoms with Crippen LogP contribution in [0, 0.1) is 0 Å². The summed E-state index contributed by atoms with van der Waals surface area (Å²) in [6.07, 6.45) is 6.82. The molecular weight excluding hydrogens is 322 g/mol. The average molecular weight is 345 g/mol. The fourth-order valence-electron chi connectivity index (χ4n) is 3.70. The number of likely N-dealkylation sites (tertiary alicyclic amines) is 1. The summed E-state index contributed by atoms with van der Waals surface area (Å²) in [6, 6.07) is 20.6. The Balaban J connectivity index is 1.44. The maximum atomic E-state index is 13.0. The van der Waals surface area contributed by atoms with Crippen LogP contribution in [0.25, 0.3) is 0 Å². The van der Waals surface area contributed by atoms with Crippen molar-refractivity contribution in [1.29, 1.82) is 0 Å². The van der Waals surface area contributed by atoms with E-state index in [9.17, 15) is 4.79 Å². The van der Waals surface area contributed by atoms with E-state index in [0.717, 1.165) is 43.5 Å². The van der Waals surface area contributed by atoms with E-state index in [2.05, 4.69) is 34.3 Å². The molecule has 2 heterocycles. The molecule has 1 atom stereocenters. The van der Waals surface area contributed by atoms with Crippen molar-refractivity contribution in [2.24, 2.45) is 0 Å². The number of carbonyl (C=O) groups is 1. The summed E-state index contributed by atoms with van der Waals surface area (Å²) in [7, 11) is 0. The number of carbonyl (C=O) groups excluding carboxylic acids is 1. The lowest BCUT2D eigenvalue weighted by molar-refractivity contribution is 0.0736. The third-order valence-electron chi connectivity index (χ3n) is 5.06. The second kappa shape index (κ2) is 7.56. The quantitative estimate of drug-likeness (QED) is 0.706. The molecule has 0 aliphatic carbocycles. The van der Waals surface area contributed by atoms with E-state index in [1.54, 1.807) is 6.20 Å². The highest BCUT2D eigenvalue weighted by molar-refractivity contribution is 5.94. The van der Waals surface area contributed by atoms with Crippen LogP contribution in [0.15, 0.2) is 73.1 Å². The zero-order valence-corrected chi connectivity index (χ0v) is 14.8. The van der Waals surface area contributed by atoms with Gasteiger partial charge in [0.25, 0.3) is 5.91 Å². The molecule has 0 bridgehead atoms. The van der Waals surface area contributed by atoms with E-state index < -0.39 is 0 Å². The molecular formula is C22H23N3O. The minimum Gasteiger partial charge on any atom is -0.335 e. The van der Waals surface area contributed by atoms with Gasteiger partial charge in [0.15, 0.2) is 0 Å². The minimum atomic E-state index is 0.147. The van der Waals surface area contributed by atoms with Crippen LogP contribution in [0.3, 0.4) is 0 Å². The maximum Gasteiger partial charge on any atom is 0.254 e. The zero-order valence-electron chi connectivity index (χ0n) is 14.8. The van der Waals surface area contributed by atoms with Gasteiger partial charge in [0.2, 0.25) is 0 Å². The van der Waals surface area contributed by atoms with Crippen LogP contribution in [0.2, 0.25) is 0 Å². The molecule has 4 heteroatoms. The number of aromatic nitrogens is 2. The summed E-state index contributed by atoms with van der Waals surface area (Å²) in [4.78, 5) is 15.0. The van der Waals surface area contributed by atoms with E-state index in [4.69, 9.17) is 0 Å². The third-order valence-corrected chi connectivity index (χ3v) is 5.06. The van der Waals surface area contributed by atoms with E-state index in [0.29, 0.717) is 6.04 Å². The first kappa shape index (κ1) is 16.6. The van der Waals surface area contributed by atoms with Gasteiger partial charge in [-0.15, -0.1) is 0 Å². The molecule has 26 heavy (non-hydrogen) atoms. The van der Waals surface area contributed by atoms with Gasteiger partial charge in [-0.1, -0.05) is 42.5 Å². The number of rotatable bonds is 5. The number of benzene rings is 2. The molecule has 132 valence electrons. The molecule has 1 aliphatic heterocycles. The van der Waals surface area contributed by atoms with Crippen molar-refractivity contribution >= 4 is 5.91 Å². The van der Waals surface area contributed by atoms with Gasteiger partial charge in [0, 0.05) is 30.5 Å². The minimum absolute atomic E-state index is 0.147. The Hall–Kier alpha value is -2.88. The first-order chi connectivity index (χ1) is 12.8. The summed E-state index contributed by atoms with van der Waals surface area (Å²) in [5.41, 5.74) is 3.22. The van der Waals surface area contributed by atoms with Gasteiger partial charge in [-0.2, -0.15) is 5.10 Å². The van der Waals surface area contributed by atoms with Gasteiger partial charge < -0.3 is 4.90 Å². The molecule has 4 rings (SSSR count). The number of hydrogen-bond acceptors (Lipinski definition) is 2. The molecule has 1 saturated heterocycles. The van der Waals surface area contributed by atoms with Crippen LogP contribution >= 0.6 is 0 Å². The molecule has 4 nitrogen and oxygen atoms in total. The lowest BCUT2D eigenvalue weighted by Crippen LogP contribution is -2.36. The fraction of sp³-hybridized carbons (Fsp3) is 0.273. The topological polar surface area (TPSA) is 38.1 Å². The second-order valence-corrected chi connectivity index (χ2v) is 6.88. The second-order valence-electron chi connectivity index (χ2n) is 6.88. The average Bonchev–Trinajstić information content (AvgIpc) is 3.35. The molecule has 0 N–H and O–H groups in total. The summed E-state index contributed by atoms with van der Waals surface area (Å²) in [6.45, 7) is 1.58. The Morgan fingerprint density at radius 3 is 2.54 bits per heavy atom. The van der Waals surface area contributed by atoms with Crippen LogP contribution < -0.4 is 0 Å². The van der Waals surface area contributed by atoms with Crippen molar-refractivity contribution in [2.75, 3.05) is 6.54 Å². The van der Waals surface area contributed by atoms with Crippen LogP contribution in [0.5, 0.6) is 0 Å². The van der Waals surface area contributed by atoms with Crippen molar-refractivity contribution < 1.29 is 4.79 Å². The fourth-order valence-corrected chi connectivity index (χ4v) is 3.70. The van der Waals surface area contributed by atoms with Gasteiger partial charge in [-0.25, -0.2) is 0 Å². The van der Waals surface area contributed by atoms with Crippen molar-refractivity contribution in [2.45, 2.75) is 31.8 Å². The maximum absolute atomic E-state index is 13.0. The van der Waals surface area contributed by atoms with Crippen molar-refractivity contribution in [3.8, 4) is 0 Å². The molecule has 2 aromatic carbocycles. The monoisotopic (exact) mass is 345 g/mol. The van der Waals surface area contributed by atoms with E-state index in [-0.39, 0.29) is 5.91 Å².